The Hall–Kier alpha value is -1.74. The lowest BCUT2D eigenvalue weighted by atomic mass is 10.1. The highest BCUT2D eigenvalue weighted by Crippen LogP contribution is 2.38. The number of thioether (sulfide) groups is 1. The number of fused-ring (bicyclic) bond motifs is 3. The van der Waals surface area contributed by atoms with Gasteiger partial charge in [0, 0.05) is 4.88 Å². The zero-order valence-corrected chi connectivity index (χ0v) is 15.4. The van der Waals surface area contributed by atoms with Gasteiger partial charge in [-0.25, -0.2) is 14.6 Å². The van der Waals surface area contributed by atoms with E-state index in [-0.39, 0.29) is 0 Å². The third-order valence-corrected chi connectivity index (χ3v) is 6.94. The van der Waals surface area contributed by atoms with Gasteiger partial charge in [-0.05, 0) is 54.5 Å². The monoisotopic (exact) mass is 373 g/mol. The number of nitrogens with zero attached hydrogens (tertiary/aromatic N) is 6. The molecule has 5 rings (SSSR count). The Kier molecular flexibility index (Phi) is 3.85. The number of aryl methyl sites for hydroxylation is 2. The van der Waals surface area contributed by atoms with E-state index in [4.69, 9.17) is 10.7 Å². The van der Waals surface area contributed by atoms with E-state index in [9.17, 15) is 0 Å². The molecule has 2 aliphatic carbocycles. The number of hydrogen-bond acceptors (Lipinski definition) is 8. The van der Waals surface area contributed by atoms with Crippen molar-refractivity contribution in [3.63, 3.8) is 0 Å². The van der Waals surface area contributed by atoms with Crippen LogP contribution in [0.2, 0.25) is 0 Å². The molecule has 0 aliphatic heterocycles. The number of rotatable bonds is 4. The first kappa shape index (κ1) is 15.5. The molecule has 0 radical (unpaired) electrons. The van der Waals surface area contributed by atoms with Crippen LogP contribution in [0.25, 0.3) is 10.2 Å². The van der Waals surface area contributed by atoms with Crippen LogP contribution in [0.1, 0.15) is 54.4 Å². The lowest BCUT2D eigenvalue weighted by Crippen LogP contribution is -2.02. The molecule has 0 atom stereocenters. The number of nitrogens with two attached hydrogens (primary N) is 1. The quantitative estimate of drug-likeness (QED) is 0.554. The summed E-state index contributed by atoms with van der Waals surface area (Å²) < 4.78 is 1.92. The van der Waals surface area contributed by atoms with Crippen molar-refractivity contribution in [2.75, 3.05) is 5.73 Å². The van der Waals surface area contributed by atoms with Gasteiger partial charge in [0.2, 0.25) is 5.16 Å². The summed E-state index contributed by atoms with van der Waals surface area (Å²) >= 11 is 3.38. The molecular weight excluding hydrogens is 354 g/mol. The van der Waals surface area contributed by atoms with Gasteiger partial charge >= 0.3 is 0 Å². The molecule has 0 amide bonds. The summed E-state index contributed by atoms with van der Waals surface area (Å²) in [5.74, 6) is 2.02. The Morgan fingerprint density at radius 1 is 1.16 bits per heavy atom. The number of tetrazole rings is 1. The Balaban J connectivity index is 1.43. The molecule has 130 valence electrons. The van der Waals surface area contributed by atoms with Crippen LogP contribution < -0.4 is 5.73 Å². The highest BCUT2D eigenvalue weighted by atomic mass is 32.2. The van der Waals surface area contributed by atoms with Crippen LogP contribution in [0.15, 0.2) is 5.16 Å². The summed E-state index contributed by atoms with van der Waals surface area (Å²) in [7, 11) is 0. The molecule has 0 aromatic carbocycles. The second-order valence-electron chi connectivity index (χ2n) is 6.70. The standard InChI is InChI=1S/C16H19N7S2/c17-14-13-10-4-2-1-3-5-11(10)25-15(13)19-12(18-14)8-24-16-20-21-22-23(16)9-6-7-9/h9H,1-8H2,(H2,17,18,19). The second-order valence-corrected chi connectivity index (χ2v) is 8.72. The predicted molar refractivity (Wildman–Crippen MR) is 98.7 cm³/mol. The van der Waals surface area contributed by atoms with Gasteiger partial charge in [-0.3, -0.25) is 0 Å². The summed E-state index contributed by atoms with van der Waals surface area (Å²) in [4.78, 5) is 11.9. The third kappa shape index (κ3) is 2.89. The Morgan fingerprint density at radius 2 is 2.04 bits per heavy atom. The van der Waals surface area contributed by atoms with Crippen LogP contribution in [0.3, 0.4) is 0 Å². The Morgan fingerprint density at radius 3 is 2.92 bits per heavy atom. The van der Waals surface area contributed by atoms with Crippen molar-refractivity contribution in [2.45, 2.75) is 61.9 Å². The molecule has 9 heteroatoms. The predicted octanol–water partition coefficient (Wildman–Crippen LogP) is 3.16. The van der Waals surface area contributed by atoms with Gasteiger partial charge in [0.05, 0.1) is 17.2 Å². The van der Waals surface area contributed by atoms with Crippen molar-refractivity contribution < 1.29 is 0 Å². The number of hydrogen-bond donors (Lipinski definition) is 1. The minimum Gasteiger partial charge on any atom is -0.383 e. The Bertz CT molecular complexity index is 928. The lowest BCUT2D eigenvalue weighted by Gasteiger charge is -2.05. The van der Waals surface area contributed by atoms with E-state index in [0.717, 1.165) is 46.9 Å². The molecule has 0 spiro atoms. The average Bonchev–Trinajstić information content (AvgIpc) is 3.30. The maximum absolute atomic E-state index is 6.31. The van der Waals surface area contributed by atoms with Gasteiger partial charge in [0.15, 0.2) is 0 Å². The molecule has 3 aromatic rings. The minimum atomic E-state index is 0.471. The number of nitrogen functional groups attached to an aromatic ring is 1. The Labute approximate surface area is 153 Å². The molecule has 3 aromatic heterocycles. The van der Waals surface area contributed by atoms with Crippen molar-refractivity contribution in [3.05, 3.63) is 16.3 Å². The van der Waals surface area contributed by atoms with E-state index in [1.165, 1.54) is 29.7 Å². The SMILES string of the molecule is Nc1nc(CSc2nnnn2C2CC2)nc2sc3c(c12)CCCCC3. The molecule has 0 unspecified atom stereocenters. The van der Waals surface area contributed by atoms with Gasteiger partial charge in [-0.15, -0.1) is 16.4 Å². The topological polar surface area (TPSA) is 95.4 Å². The lowest BCUT2D eigenvalue weighted by molar-refractivity contribution is 0.565. The minimum absolute atomic E-state index is 0.471. The van der Waals surface area contributed by atoms with Crippen molar-refractivity contribution in [2.24, 2.45) is 0 Å². The van der Waals surface area contributed by atoms with Gasteiger partial charge in [-0.2, -0.15) is 0 Å². The van der Waals surface area contributed by atoms with Crippen molar-refractivity contribution in [1.82, 2.24) is 30.2 Å². The molecule has 2 N–H and O–H groups in total. The smallest absolute Gasteiger partial charge is 0.210 e. The van der Waals surface area contributed by atoms with Crippen LogP contribution in [-0.4, -0.2) is 30.2 Å². The van der Waals surface area contributed by atoms with E-state index in [1.54, 1.807) is 23.1 Å². The van der Waals surface area contributed by atoms with Gasteiger partial charge in [-0.1, -0.05) is 18.2 Å². The number of thiophene rings is 1. The molecule has 25 heavy (non-hydrogen) atoms. The van der Waals surface area contributed by atoms with Crippen LogP contribution in [0.5, 0.6) is 0 Å². The van der Waals surface area contributed by atoms with Crippen molar-refractivity contribution in [1.29, 1.82) is 0 Å². The second kappa shape index (κ2) is 6.21. The first-order chi connectivity index (χ1) is 12.3. The molecule has 0 bridgehead atoms. The highest BCUT2D eigenvalue weighted by Gasteiger charge is 2.28. The largest absolute Gasteiger partial charge is 0.383 e. The van der Waals surface area contributed by atoms with E-state index in [2.05, 4.69) is 20.5 Å². The molecule has 3 heterocycles. The average molecular weight is 374 g/mol. The fourth-order valence-electron chi connectivity index (χ4n) is 3.43. The van der Waals surface area contributed by atoms with E-state index in [1.807, 2.05) is 4.68 Å². The zero-order valence-electron chi connectivity index (χ0n) is 13.8. The normalized spacial score (nSPS) is 17.6. The fourth-order valence-corrected chi connectivity index (χ4v) is 5.52. The van der Waals surface area contributed by atoms with Crippen LogP contribution >= 0.6 is 23.1 Å². The highest BCUT2D eigenvalue weighted by molar-refractivity contribution is 7.98. The fraction of sp³-hybridized carbons (Fsp3) is 0.562. The summed E-state index contributed by atoms with van der Waals surface area (Å²) in [5, 5.41) is 13.9. The molecule has 0 saturated heterocycles. The van der Waals surface area contributed by atoms with Gasteiger partial charge in [0.1, 0.15) is 16.5 Å². The molecule has 7 nitrogen and oxygen atoms in total. The molecule has 2 aliphatic rings. The molecule has 1 saturated carbocycles. The third-order valence-electron chi connectivity index (χ3n) is 4.82. The van der Waals surface area contributed by atoms with Crippen LogP contribution in [0, 0.1) is 0 Å². The van der Waals surface area contributed by atoms with Crippen molar-refractivity contribution in [3.8, 4) is 0 Å². The van der Waals surface area contributed by atoms with Gasteiger partial charge in [0.25, 0.3) is 0 Å². The zero-order chi connectivity index (χ0) is 16.8. The van der Waals surface area contributed by atoms with E-state index in [0.29, 0.717) is 17.6 Å². The summed E-state index contributed by atoms with van der Waals surface area (Å²) in [6.45, 7) is 0. The summed E-state index contributed by atoms with van der Waals surface area (Å²) in [6, 6.07) is 0.471. The summed E-state index contributed by atoms with van der Waals surface area (Å²) in [6.07, 6.45) is 8.38. The first-order valence-electron chi connectivity index (χ1n) is 8.77. The summed E-state index contributed by atoms with van der Waals surface area (Å²) in [5.41, 5.74) is 7.71. The van der Waals surface area contributed by atoms with Gasteiger partial charge < -0.3 is 5.73 Å². The molecule has 1 fully saturated rings. The number of anilines is 1. The van der Waals surface area contributed by atoms with Crippen LogP contribution in [0.4, 0.5) is 5.82 Å². The van der Waals surface area contributed by atoms with Crippen molar-refractivity contribution >= 4 is 39.1 Å². The maximum atomic E-state index is 6.31. The van der Waals surface area contributed by atoms with Crippen LogP contribution in [-0.2, 0) is 18.6 Å². The maximum Gasteiger partial charge on any atom is 0.210 e. The first-order valence-corrected chi connectivity index (χ1v) is 10.6. The van der Waals surface area contributed by atoms with E-state index < -0.39 is 0 Å². The van der Waals surface area contributed by atoms with E-state index >= 15 is 0 Å². The molecular formula is C16H19N7S2. The number of aromatic nitrogens is 6.